The van der Waals surface area contributed by atoms with Crippen molar-refractivity contribution in [1.29, 1.82) is 0 Å². The number of aromatic nitrogens is 1. The molecule has 0 radical (unpaired) electrons. The summed E-state index contributed by atoms with van der Waals surface area (Å²) in [6.45, 7) is 1.94. The van der Waals surface area contributed by atoms with Gasteiger partial charge in [0.15, 0.2) is 21.5 Å². The highest BCUT2D eigenvalue weighted by molar-refractivity contribution is 7.92. The largest absolute Gasteiger partial charge is 0.386 e. The summed E-state index contributed by atoms with van der Waals surface area (Å²) in [6, 6.07) is 11.7. The topological polar surface area (TPSA) is 117 Å². The minimum Gasteiger partial charge on any atom is -0.386 e. The van der Waals surface area contributed by atoms with Crippen molar-refractivity contribution in [3.05, 3.63) is 88.7 Å². The number of sulfone groups is 1. The molecule has 7 nitrogen and oxygen atoms in total. The van der Waals surface area contributed by atoms with Gasteiger partial charge in [0.2, 0.25) is 0 Å². The second-order valence-corrected chi connectivity index (χ2v) is 13.0. The molecule has 6 atom stereocenters. The third-order valence-corrected chi connectivity index (χ3v) is 10.8. The summed E-state index contributed by atoms with van der Waals surface area (Å²) in [4.78, 5) is 16.8. The second kappa shape index (κ2) is 10.2. The molecule has 0 aliphatic heterocycles. The van der Waals surface area contributed by atoms with Gasteiger partial charge in [0.05, 0.1) is 20.9 Å². The third kappa shape index (κ3) is 4.84. The first-order valence-electron chi connectivity index (χ1n) is 12.5. The van der Waals surface area contributed by atoms with E-state index in [2.05, 4.69) is 10.3 Å². The minimum absolute atomic E-state index is 0.00171. The molecular formula is C28H27ClF2N2O5S. The number of hydrogen-bond donors (Lipinski definition) is 3. The first-order chi connectivity index (χ1) is 18.4. The highest BCUT2D eigenvalue weighted by Crippen LogP contribution is 2.58. The van der Waals surface area contributed by atoms with E-state index in [1.54, 1.807) is 18.2 Å². The SMILES string of the molecule is C[C@H]1CC2CC(S(=O)(=O)c3cc(C(=O)Nc4ccc(F)c(F)c4)ccc3Cl)CC1[C@@]2(O)[C@@H](O)c1ccccn1. The van der Waals surface area contributed by atoms with Crippen molar-refractivity contribution in [1.82, 2.24) is 4.98 Å². The van der Waals surface area contributed by atoms with E-state index in [0.717, 1.165) is 12.1 Å². The van der Waals surface area contributed by atoms with Crippen LogP contribution < -0.4 is 5.32 Å². The molecule has 1 aromatic heterocycles. The number of carbonyl (C=O) groups is 1. The fraction of sp³-hybridized carbons (Fsp3) is 0.357. The summed E-state index contributed by atoms with van der Waals surface area (Å²) in [7, 11) is -4.05. The Kier molecular flexibility index (Phi) is 7.26. The minimum atomic E-state index is -4.05. The number of halogens is 3. The summed E-state index contributed by atoms with van der Waals surface area (Å²) in [5, 5.41) is 24.4. The first-order valence-corrected chi connectivity index (χ1v) is 14.5. The molecule has 2 aromatic carbocycles. The van der Waals surface area contributed by atoms with Gasteiger partial charge in [-0.3, -0.25) is 9.78 Å². The van der Waals surface area contributed by atoms with Crippen LogP contribution in [0.25, 0.3) is 0 Å². The Balaban J connectivity index is 1.41. The molecule has 11 heteroatoms. The van der Waals surface area contributed by atoms with Gasteiger partial charge < -0.3 is 15.5 Å². The van der Waals surface area contributed by atoms with E-state index in [-0.39, 0.29) is 39.9 Å². The van der Waals surface area contributed by atoms with Crippen LogP contribution in [0, 0.1) is 29.4 Å². The Bertz CT molecular complexity index is 1520. The molecule has 3 unspecified atom stereocenters. The molecule has 3 aromatic rings. The molecule has 0 saturated heterocycles. The summed E-state index contributed by atoms with van der Waals surface area (Å²) in [5.41, 5.74) is -1.23. The lowest BCUT2D eigenvalue weighted by atomic mass is 9.69. The predicted molar refractivity (Wildman–Crippen MR) is 141 cm³/mol. The summed E-state index contributed by atoms with van der Waals surface area (Å²) in [6.07, 6.45) is 1.00. The molecule has 3 N–H and O–H groups in total. The molecule has 2 bridgehead atoms. The Hall–Kier alpha value is -2.92. The number of anilines is 1. The lowest BCUT2D eigenvalue weighted by molar-refractivity contribution is -0.149. The fourth-order valence-corrected chi connectivity index (χ4v) is 8.61. The van der Waals surface area contributed by atoms with Gasteiger partial charge in [-0.15, -0.1) is 0 Å². The second-order valence-electron chi connectivity index (χ2n) is 10.4. The highest BCUT2D eigenvalue weighted by atomic mass is 35.5. The van der Waals surface area contributed by atoms with E-state index < -0.39 is 56.2 Å². The Morgan fingerprint density at radius 1 is 1.10 bits per heavy atom. The number of fused-ring (bicyclic) bond motifs is 2. The van der Waals surface area contributed by atoms with Gasteiger partial charge in [-0.25, -0.2) is 17.2 Å². The normalized spacial score (nSPS) is 27.2. The monoisotopic (exact) mass is 576 g/mol. The van der Waals surface area contributed by atoms with Crippen molar-refractivity contribution in [3.63, 3.8) is 0 Å². The molecule has 1 amide bonds. The van der Waals surface area contributed by atoms with Crippen molar-refractivity contribution in [2.45, 2.75) is 48.0 Å². The van der Waals surface area contributed by atoms with Crippen LogP contribution in [-0.2, 0) is 9.84 Å². The lowest BCUT2D eigenvalue weighted by Crippen LogP contribution is -2.52. The number of amides is 1. The van der Waals surface area contributed by atoms with Crippen molar-refractivity contribution in [2.24, 2.45) is 17.8 Å². The smallest absolute Gasteiger partial charge is 0.255 e. The van der Waals surface area contributed by atoms with Gasteiger partial charge in [-0.2, -0.15) is 0 Å². The summed E-state index contributed by atoms with van der Waals surface area (Å²) < 4.78 is 54.4. The van der Waals surface area contributed by atoms with Gasteiger partial charge in [0, 0.05) is 23.5 Å². The average molecular weight is 577 g/mol. The van der Waals surface area contributed by atoms with Crippen molar-refractivity contribution in [3.8, 4) is 0 Å². The quantitative estimate of drug-likeness (QED) is 0.383. The van der Waals surface area contributed by atoms with Crippen molar-refractivity contribution >= 4 is 33.0 Å². The number of pyridine rings is 1. The number of carbonyl (C=O) groups excluding carboxylic acids is 1. The highest BCUT2D eigenvalue weighted by Gasteiger charge is 2.62. The maximum Gasteiger partial charge on any atom is 0.255 e. The fourth-order valence-electron chi connectivity index (χ4n) is 6.24. The molecule has 2 fully saturated rings. The molecular weight excluding hydrogens is 550 g/mol. The van der Waals surface area contributed by atoms with E-state index in [0.29, 0.717) is 12.1 Å². The third-order valence-electron chi connectivity index (χ3n) is 8.18. The zero-order chi connectivity index (χ0) is 28.1. The molecule has 2 saturated carbocycles. The molecule has 1 heterocycles. The van der Waals surface area contributed by atoms with Gasteiger partial charge in [0.1, 0.15) is 11.7 Å². The number of hydrogen-bond acceptors (Lipinski definition) is 6. The zero-order valence-corrected chi connectivity index (χ0v) is 22.5. The molecule has 2 aliphatic carbocycles. The van der Waals surface area contributed by atoms with Crippen LogP contribution in [-0.4, -0.2) is 40.4 Å². The number of benzene rings is 2. The number of rotatable bonds is 6. The number of nitrogens with zero attached hydrogens (tertiary/aromatic N) is 1. The van der Waals surface area contributed by atoms with Crippen LogP contribution >= 0.6 is 11.6 Å². The molecule has 5 rings (SSSR count). The summed E-state index contributed by atoms with van der Waals surface area (Å²) >= 11 is 6.31. The Labute approximate surface area is 229 Å². The maximum atomic E-state index is 13.8. The molecule has 206 valence electrons. The summed E-state index contributed by atoms with van der Waals surface area (Å²) in [5.74, 6) is -3.97. The van der Waals surface area contributed by atoms with Crippen molar-refractivity contribution in [2.75, 3.05) is 5.32 Å². The van der Waals surface area contributed by atoms with Crippen LogP contribution in [0.1, 0.15) is 48.3 Å². The van der Waals surface area contributed by atoms with Crippen LogP contribution in [0.5, 0.6) is 0 Å². The molecule has 0 spiro atoms. The van der Waals surface area contributed by atoms with Crippen LogP contribution in [0.4, 0.5) is 14.5 Å². The predicted octanol–water partition coefficient (Wildman–Crippen LogP) is 4.94. The van der Waals surface area contributed by atoms with E-state index in [1.165, 1.54) is 30.5 Å². The van der Waals surface area contributed by atoms with Gasteiger partial charge in [-0.1, -0.05) is 24.6 Å². The number of aliphatic hydroxyl groups is 2. The van der Waals surface area contributed by atoms with Gasteiger partial charge in [-0.05, 0) is 79.5 Å². The standard InChI is InChI=1S/C28H27ClF2N2O5S/c1-15-10-17-12-19(14-20(15)28(17,36)26(34)24-4-2-3-9-32-24)39(37,38)25-11-16(5-7-21(25)29)27(35)33-18-6-8-22(30)23(31)13-18/h2-9,11,13,15,17,19-20,26,34,36H,10,12,14H2,1H3,(H,33,35)/t15-,17?,19?,20?,26-,28+/m0/s1. The van der Waals surface area contributed by atoms with Gasteiger partial charge in [0.25, 0.3) is 5.91 Å². The van der Waals surface area contributed by atoms with E-state index in [1.807, 2.05) is 6.92 Å². The van der Waals surface area contributed by atoms with Crippen molar-refractivity contribution < 1.29 is 32.2 Å². The van der Waals surface area contributed by atoms with Crippen LogP contribution in [0.15, 0.2) is 65.7 Å². The average Bonchev–Trinajstić information content (AvgIpc) is 3.03. The van der Waals surface area contributed by atoms with Crippen LogP contribution in [0.2, 0.25) is 5.02 Å². The molecule has 2 aliphatic rings. The van der Waals surface area contributed by atoms with E-state index >= 15 is 0 Å². The van der Waals surface area contributed by atoms with E-state index in [4.69, 9.17) is 11.6 Å². The molecule has 39 heavy (non-hydrogen) atoms. The zero-order valence-electron chi connectivity index (χ0n) is 20.9. The van der Waals surface area contributed by atoms with Gasteiger partial charge >= 0.3 is 0 Å². The number of nitrogens with one attached hydrogen (secondary N) is 1. The number of aliphatic hydroxyl groups excluding tert-OH is 1. The van der Waals surface area contributed by atoms with E-state index in [9.17, 15) is 32.2 Å². The Morgan fingerprint density at radius 3 is 2.54 bits per heavy atom. The van der Waals surface area contributed by atoms with Crippen LogP contribution in [0.3, 0.4) is 0 Å². The lowest BCUT2D eigenvalue weighted by Gasteiger charge is -2.45. The first kappa shape index (κ1) is 27.6. The maximum absolute atomic E-state index is 13.8. The Morgan fingerprint density at radius 2 is 1.87 bits per heavy atom.